The summed E-state index contributed by atoms with van der Waals surface area (Å²) in [6.45, 7) is 8.13. The molecule has 0 bridgehead atoms. The van der Waals surface area contributed by atoms with E-state index in [1.807, 2.05) is 0 Å². The minimum Gasteiger partial charge on any atom is -0.369 e. The zero-order valence-electron chi connectivity index (χ0n) is 15.7. The van der Waals surface area contributed by atoms with Gasteiger partial charge in [-0.15, -0.1) is 23.2 Å². The standard InChI is InChI=1S/C19H30Cl2N4/c1-14(22)12-19(2,3)13-18-23-16-11-15(5-6-17(16)24(18)4)25(9-7-20)10-8-21/h5-6,11,14H,7-10,12-13,22H2,1-4H3. The zero-order chi connectivity index (χ0) is 18.6. The molecule has 2 N–H and O–H groups in total. The van der Waals surface area contributed by atoms with E-state index >= 15 is 0 Å². The molecule has 0 spiro atoms. The fraction of sp³-hybridized carbons (Fsp3) is 0.632. The minimum atomic E-state index is 0.120. The molecule has 4 nitrogen and oxygen atoms in total. The lowest BCUT2D eigenvalue weighted by Crippen LogP contribution is -2.27. The van der Waals surface area contributed by atoms with Gasteiger partial charge in [-0.2, -0.15) is 0 Å². The van der Waals surface area contributed by atoms with Crippen molar-refractivity contribution in [1.82, 2.24) is 9.55 Å². The first-order valence-electron chi connectivity index (χ1n) is 8.85. The van der Waals surface area contributed by atoms with Gasteiger partial charge in [0.1, 0.15) is 5.82 Å². The Hall–Kier alpha value is -0.970. The molecule has 1 heterocycles. The number of imidazole rings is 1. The van der Waals surface area contributed by atoms with Gasteiger partial charge in [0.05, 0.1) is 11.0 Å². The number of benzene rings is 1. The number of hydrogen-bond acceptors (Lipinski definition) is 3. The Balaban J connectivity index is 2.32. The van der Waals surface area contributed by atoms with Gasteiger partial charge in [-0.25, -0.2) is 4.98 Å². The molecule has 0 fully saturated rings. The van der Waals surface area contributed by atoms with Crippen molar-refractivity contribution >= 4 is 39.9 Å². The van der Waals surface area contributed by atoms with Crippen LogP contribution in [0.5, 0.6) is 0 Å². The second-order valence-electron chi connectivity index (χ2n) is 7.65. The number of fused-ring (bicyclic) bond motifs is 1. The van der Waals surface area contributed by atoms with Gasteiger partial charge in [0.15, 0.2) is 0 Å². The topological polar surface area (TPSA) is 47.1 Å². The first-order valence-corrected chi connectivity index (χ1v) is 9.92. The van der Waals surface area contributed by atoms with Crippen LogP contribution >= 0.6 is 23.2 Å². The normalized spacial score (nSPS) is 13.4. The van der Waals surface area contributed by atoms with Crippen molar-refractivity contribution in [1.29, 1.82) is 0 Å². The molecular formula is C19H30Cl2N4. The van der Waals surface area contributed by atoms with Crippen molar-refractivity contribution in [2.75, 3.05) is 29.7 Å². The van der Waals surface area contributed by atoms with Gasteiger partial charge in [0.25, 0.3) is 0 Å². The molecule has 1 aromatic carbocycles. The minimum absolute atomic E-state index is 0.120. The monoisotopic (exact) mass is 384 g/mol. The average molecular weight is 385 g/mol. The van der Waals surface area contributed by atoms with Gasteiger partial charge in [-0.05, 0) is 37.0 Å². The van der Waals surface area contributed by atoms with Crippen LogP contribution in [0.25, 0.3) is 11.0 Å². The highest BCUT2D eigenvalue weighted by Crippen LogP contribution is 2.29. The van der Waals surface area contributed by atoms with Crippen molar-refractivity contribution in [2.24, 2.45) is 18.2 Å². The molecule has 0 saturated heterocycles. The molecular weight excluding hydrogens is 355 g/mol. The fourth-order valence-electron chi connectivity index (χ4n) is 3.54. The number of alkyl halides is 2. The Morgan fingerprint density at radius 3 is 2.44 bits per heavy atom. The van der Waals surface area contributed by atoms with Crippen molar-refractivity contribution in [3.05, 3.63) is 24.0 Å². The van der Waals surface area contributed by atoms with E-state index in [0.717, 1.165) is 48.5 Å². The van der Waals surface area contributed by atoms with Crippen LogP contribution in [0.4, 0.5) is 5.69 Å². The summed E-state index contributed by atoms with van der Waals surface area (Å²) >= 11 is 11.9. The second-order valence-corrected chi connectivity index (χ2v) is 8.40. The largest absolute Gasteiger partial charge is 0.369 e. The summed E-state index contributed by atoms with van der Waals surface area (Å²) in [7, 11) is 2.08. The lowest BCUT2D eigenvalue weighted by atomic mass is 9.83. The summed E-state index contributed by atoms with van der Waals surface area (Å²) in [6.07, 6.45) is 1.88. The third kappa shape index (κ3) is 5.25. The van der Waals surface area contributed by atoms with E-state index in [4.69, 9.17) is 33.9 Å². The van der Waals surface area contributed by atoms with E-state index in [9.17, 15) is 0 Å². The fourth-order valence-corrected chi connectivity index (χ4v) is 3.95. The summed E-state index contributed by atoms with van der Waals surface area (Å²) in [5, 5.41) is 0. The number of anilines is 1. The summed E-state index contributed by atoms with van der Waals surface area (Å²) in [6, 6.07) is 6.59. The van der Waals surface area contributed by atoms with Crippen LogP contribution in [0, 0.1) is 5.41 Å². The molecule has 2 aromatic rings. The Labute approximate surface area is 161 Å². The first kappa shape index (κ1) is 20.3. The molecule has 0 aliphatic rings. The summed E-state index contributed by atoms with van der Waals surface area (Å²) in [5.74, 6) is 2.25. The maximum absolute atomic E-state index is 6.00. The van der Waals surface area contributed by atoms with Crippen LogP contribution in [0.1, 0.15) is 33.0 Å². The maximum Gasteiger partial charge on any atom is 0.110 e. The molecule has 0 amide bonds. The molecule has 0 radical (unpaired) electrons. The van der Waals surface area contributed by atoms with Crippen molar-refractivity contribution < 1.29 is 0 Å². The average Bonchev–Trinajstić information content (AvgIpc) is 2.80. The number of hydrogen-bond donors (Lipinski definition) is 1. The predicted octanol–water partition coefficient (Wildman–Crippen LogP) is 4.16. The number of rotatable bonds is 9. The molecule has 140 valence electrons. The molecule has 0 aliphatic carbocycles. The third-order valence-electron chi connectivity index (χ3n) is 4.54. The highest BCUT2D eigenvalue weighted by molar-refractivity contribution is 6.18. The van der Waals surface area contributed by atoms with E-state index < -0.39 is 0 Å². The van der Waals surface area contributed by atoms with Crippen molar-refractivity contribution in [3.8, 4) is 0 Å². The van der Waals surface area contributed by atoms with Gasteiger partial charge in [0.2, 0.25) is 0 Å². The highest BCUT2D eigenvalue weighted by Gasteiger charge is 2.23. The van der Waals surface area contributed by atoms with Crippen molar-refractivity contribution in [2.45, 2.75) is 39.7 Å². The second kappa shape index (κ2) is 8.61. The van der Waals surface area contributed by atoms with Crippen LogP contribution in [-0.4, -0.2) is 40.4 Å². The smallest absolute Gasteiger partial charge is 0.110 e. The SMILES string of the molecule is CC(N)CC(C)(C)Cc1nc2cc(N(CCCl)CCCl)ccc2n1C. The van der Waals surface area contributed by atoms with E-state index in [1.165, 1.54) is 0 Å². The van der Waals surface area contributed by atoms with Crippen LogP contribution in [0.3, 0.4) is 0 Å². The lowest BCUT2D eigenvalue weighted by Gasteiger charge is -2.26. The maximum atomic E-state index is 6.00. The van der Waals surface area contributed by atoms with Gasteiger partial charge in [0, 0.05) is 50.0 Å². The van der Waals surface area contributed by atoms with Gasteiger partial charge in [-0.3, -0.25) is 0 Å². The predicted molar refractivity (Wildman–Crippen MR) is 110 cm³/mol. The van der Waals surface area contributed by atoms with E-state index in [1.54, 1.807) is 0 Å². The Morgan fingerprint density at radius 1 is 1.24 bits per heavy atom. The highest BCUT2D eigenvalue weighted by atomic mass is 35.5. The first-order chi connectivity index (χ1) is 11.8. The number of aryl methyl sites for hydroxylation is 1. The van der Waals surface area contributed by atoms with E-state index in [0.29, 0.717) is 11.8 Å². The number of halogens is 2. The van der Waals surface area contributed by atoms with Crippen LogP contribution in [-0.2, 0) is 13.5 Å². The van der Waals surface area contributed by atoms with Crippen LogP contribution in [0.15, 0.2) is 18.2 Å². The lowest BCUT2D eigenvalue weighted by molar-refractivity contribution is 0.301. The number of nitrogens with zero attached hydrogens (tertiary/aromatic N) is 3. The third-order valence-corrected chi connectivity index (χ3v) is 4.88. The Morgan fingerprint density at radius 2 is 1.88 bits per heavy atom. The molecule has 1 unspecified atom stereocenters. The summed E-state index contributed by atoms with van der Waals surface area (Å²) in [5.41, 5.74) is 9.40. The Bertz CT molecular complexity index is 688. The quantitative estimate of drug-likeness (QED) is 0.660. The number of nitrogens with two attached hydrogens (primary N) is 1. The molecule has 25 heavy (non-hydrogen) atoms. The molecule has 1 atom stereocenters. The summed E-state index contributed by atoms with van der Waals surface area (Å²) in [4.78, 5) is 7.10. The molecule has 0 aliphatic heterocycles. The van der Waals surface area contributed by atoms with E-state index in [2.05, 4.69) is 55.5 Å². The summed E-state index contributed by atoms with van der Waals surface area (Å²) < 4.78 is 2.19. The zero-order valence-corrected chi connectivity index (χ0v) is 17.2. The Kier molecular flexibility index (Phi) is 7.01. The molecule has 2 rings (SSSR count). The van der Waals surface area contributed by atoms with Crippen LogP contribution < -0.4 is 10.6 Å². The van der Waals surface area contributed by atoms with Crippen LogP contribution in [0.2, 0.25) is 0 Å². The van der Waals surface area contributed by atoms with Gasteiger partial charge < -0.3 is 15.2 Å². The van der Waals surface area contributed by atoms with Crippen molar-refractivity contribution in [3.63, 3.8) is 0 Å². The number of aromatic nitrogens is 2. The van der Waals surface area contributed by atoms with Gasteiger partial charge >= 0.3 is 0 Å². The molecule has 1 aromatic heterocycles. The molecule has 6 heteroatoms. The molecule has 0 saturated carbocycles. The van der Waals surface area contributed by atoms with Gasteiger partial charge in [-0.1, -0.05) is 13.8 Å². The van der Waals surface area contributed by atoms with E-state index in [-0.39, 0.29) is 11.5 Å².